The monoisotopic (exact) mass is 300 g/mol. The van der Waals surface area contributed by atoms with Crippen LogP contribution in [-0.2, 0) is 6.54 Å². The summed E-state index contributed by atoms with van der Waals surface area (Å²) < 4.78 is 0. The van der Waals surface area contributed by atoms with E-state index in [1.165, 1.54) is 0 Å². The number of hydrogen-bond acceptors (Lipinski definition) is 2. The van der Waals surface area contributed by atoms with Crippen molar-refractivity contribution in [2.45, 2.75) is 39.3 Å². The first kappa shape index (κ1) is 16.1. The van der Waals surface area contributed by atoms with Crippen LogP contribution in [0, 0.1) is 6.92 Å². The van der Waals surface area contributed by atoms with Gasteiger partial charge < -0.3 is 15.2 Å². The molecule has 118 valence electrons. The Morgan fingerprint density at radius 3 is 2.68 bits per heavy atom. The summed E-state index contributed by atoms with van der Waals surface area (Å²) in [4.78, 5) is 21.4. The number of benzene rings is 1. The van der Waals surface area contributed by atoms with Crippen molar-refractivity contribution < 1.29 is 4.79 Å². The van der Waals surface area contributed by atoms with Gasteiger partial charge in [0, 0.05) is 18.9 Å². The minimum Gasteiger partial charge on any atom is -0.345 e. The molecular formula is C17H24N4O. The zero-order valence-electron chi connectivity index (χ0n) is 13.5. The van der Waals surface area contributed by atoms with Gasteiger partial charge in [0.1, 0.15) is 5.82 Å². The second-order valence-corrected chi connectivity index (χ2v) is 5.57. The summed E-state index contributed by atoms with van der Waals surface area (Å²) in [6.07, 6.45) is 3.70. The Hall–Kier alpha value is -2.30. The number of aryl methyl sites for hydroxylation is 1. The van der Waals surface area contributed by atoms with Gasteiger partial charge in [-0.1, -0.05) is 43.7 Å². The molecule has 5 heteroatoms. The molecule has 0 radical (unpaired) electrons. The molecule has 1 atom stereocenters. The Morgan fingerprint density at radius 2 is 2.09 bits per heavy atom. The summed E-state index contributed by atoms with van der Waals surface area (Å²) in [7, 11) is 1.78. The van der Waals surface area contributed by atoms with Crippen LogP contribution in [0.5, 0.6) is 0 Å². The topological polar surface area (TPSA) is 61.0 Å². The number of rotatable bonds is 6. The number of imidazole rings is 1. The molecule has 2 amide bonds. The predicted molar refractivity (Wildman–Crippen MR) is 87.4 cm³/mol. The van der Waals surface area contributed by atoms with Gasteiger partial charge in [0.2, 0.25) is 0 Å². The molecule has 0 saturated heterocycles. The van der Waals surface area contributed by atoms with Crippen molar-refractivity contribution in [2.75, 3.05) is 7.05 Å². The van der Waals surface area contributed by atoms with E-state index >= 15 is 0 Å². The molecule has 0 fully saturated rings. The molecule has 0 spiro atoms. The molecular weight excluding hydrogens is 276 g/mol. The van der Waals surface area contributed by atoms with Crippen molar-refractivity contribution in [1.82, 2.24) is 20.2 Å². The molecule has 0 saturated carbocycles. The molecule has 2 N–H and O–H groups in total. The zero-order valence-corrected chi connectivity index (χ0v) is 13.5. The van der Waals surface area contributed by atoms with Gasteiger partial charge >= 0.3 is 6.03 Å². The highest BCUT2D eigenvalue weighted by Crippen LogP contribution is 2.18. The molecule has 0 aliphatic carbocycles. The Bertz CT molecular complexity index is 594. The fraction of sp³-hybridized carbons (Fsp3) is 0.412. The van der Waals surface area contributed by atoms with E-state index in [9.17, 15) is 4.79 Å². The van der Waals surface area contributed by atoms with E-state index in [4.69, 9.17) is 0 Å². The number of nitrogens with one attached hydrogen (secondary N) is 2. The minimum absolute atomic E-state index is 0.0412. The van der Waals surface area contributed by atoms with Crippen LogP contribution >= 0.6 is 0 Å². The van der Waals surface area contributed by atoms with Crippen molar-refractivity contribution in [3.05, 3.63) is 53.6 Å². The number of carbonyl (C=O) groups is 1. The van der Waals surface area contributed by atoms with E-state index in [0.717, 1.165) is 29.9 Å². The van der Waals surface area contributed by atoms with Crippen molar-refractivity contribution in [1.29, 1.82) is 0 Å². The Labute approximate surface area is 131 Å². The molecule has 1 aromatic heterocycles. The third kappa shape index (κ3) is 4.35. The Morgan fingerprint density at radius 1 is 1.36 bits per heavy atom. The number of H-pyrrole nitrogens is 1. The lowest BCUT2D eigenvalue weighted by Gasteiger charge is -2.23. The molecule has 1 aromatic carbocycles. The van der Waals surface area contributed by atoms with Gasteiger partial charge in [-0.25, -0.2) is 9.78 Å². The van der Waals surface area contributed by atoms with E-state index < -0.39 is 0 Å². The van der Waals surface area contributed by atoms with E-state index in [1.807, 2.05) is 25.1 Å². The maximum absolute atomic E-state index is 12.4. The number of hydrogen-bond donors (Lipinski definition) is 2. The second kappa shape index (κ2) is 7.64. The number of aromatic amines is 1. The molecule has 0 unspecified atom stereocenters. The quantitative estimate of drug-likeness (QED) is 0.859. The minimum atomic E-state index is -0.0867. The maximum Gasteiger partial charge on any atom is 0.318 e. The van der Waals surface area contributed by atoms with Gasteiger partial charge in [0.05, 0.1) is 12.6 Å². The van der Waals surface area contributed by atoms with Crippen molar-refractivity contribution in [2.24, 2.45) is 0 Å². The maximum atomic E-state index is 12.4. The Kier molecular flexibility index (Phi) is 5.58. The molecule has 0 bridgehead atoms. The highest BCUT2D eigenvalue weighted by molar-refractivity contribution is 5.74. The molecule has 0 aliphatic heterocycles. The summed E-state index contributed by atoms with van der Waals surface area (Å²) in [6.45, 7) is 4.54. The number of carbonyl (C=O) groups excluding carboxylic acids is 1. The summed E-state index contributed by atoms with van der Waals surface area (Å²) in [6, 6.07) is 10.0. The van der Waals surface area contributed by atoms with Crippen LogP contribution in [0.3, 0.4) is 0 Å². The molecule has 5 nitrogen and oxygen atoms in total. The van der Waals surface area contributed by atoms with Crippen LogP contribution in [-0.4, -0.2) is 27.9 Å². The largest absolute Gasteiger partial charge is 0.345 e. The smallest absolute Gasteiger partial charge is 0.318 e. The third-order valence-electron chi connectivity index (χ3n) is 3.57. The number of nitrogens with zero attached hydrogens (tertiary/aromatic N) is 2. The molecule has 1 heterocycles. The van der Waals surface area contributed by atoms with Crippen LogP contribution in [0.1, 0.15) is 42.9 Å². The second-order valence-electron chi connectivity index (χ2n) is 5.57. The third-order valence-corrected chi connectivity index (χ3v) is 3.57. The van der Waals surface area contributed by atoms with E-state index in [1.54, 1.807) is 18.1 Å². The molecule has 2 rings (SSSR count). The van der Waals surface area contributed by atoms with Gasteiger partial charge in [0.15, 0.2) is 0 Å². The SMILES string of the molecule is CCC[C@@H](NC(=O)N(C)Cc1ncc(C)[nH]1)c1ccccc1. The van der Waals surface area contributed by atoms with Gasteiger partial charge in [-0.15, -0.1) is 0 Å². The van der Waals surface area contributed by atoms with Crippen molar-refractivity contribution in [3.8, 4) is 0 Å². The zero-order chi connectivity index (χ0) is 15.9. The van der Waals surface area contributed by atoms with Crippen LogP contribution in [0.25, 0.3) is 0 Å². The van der Waals surface area contributed by atoms with E-state index in [-0.39, 0.29) is 12.1 Å². The predicted octanol–water partition coefficient (Wildman–Crippen LogP) is 3.40. The van der Waals surface area contributed by atoms with Crippen LogP contribution < -0.4 is 5.32 Å². The fourth-order valence-electron chi connectivity index (χ4n) is 2.40. The lowest BCUT2D eigenvalue weighted by atomic mass is 10.0. The van der Waals surface area contributed by atoms with Gasteiger partial charge in [-0.2, -0.15) is 0 Å². The number of amides is 2. The van der Waals surface area contributed by atoms with Crippen LogP contribution in [0.4, 0.5) is 4.79 Å². The van der Waals surface area contributed by atoms with Crippen LogP contribution in [0.2, 0.25) is 0 Å². The number of aromatic nitrogens is 2. The average Bonchev–Trinajstić information content (AvgIpc) is 2.92. The summed E-state index contributed by atoms with van der Waals surface area (Å²) >= 11 is 0. The summed E-state index contributed by atoms with van der Waals surface area (Å²) in [5.41, 5.74) is 2.14. The fourth-order valence-corrected chi connectivity index (χ4v) is 2.40. The molecule has 2 aromatic rings. The Balaban J connectivity index is 1.98. The average molecular weight is 300 g/mol. The summed E-state index contributed by atoms with van der Waals surface area (Å²) in [5.74, 6) is 0.793. The van der Waals surface area contributed by atoms with Crippen LogP contribution in [0.15, 0.2) is 36.5 Å². The molecule has 22 heavy (non-hydrogen) atoms. The van der Waals surface area contributed by atoms with Gasteiger partial charge in [-0.05, 0) is 18.9 Å². The first-order valence-corrected chi connectivity index (χ1v) is 7.67. The number of urea groups is 1. The lowest BCUT2D eigenvalue weighted by molar-refractivity contribution is 0.201. The lowest BCUT2D eigenvalue weighted by Crippen LogP contribution is -2.39. The normalized spacial score (nSPS) is 12.0. The van der Waals surface area contributed by atoms with Gasteiger partial charge in [-0.3, -0.25) is 0 Å². The first-order chi connectivity index (χ1) is 10.6. The van der Waals surface area contributed by atoms with Crippen molar-refractivity contribution >= 4 is 6.03 Å². The standard InChI is InChI=1S/C17H24N4O/c1-4-8-15(14-9-6-5-7-10-14)20-17(22)21(3)12-16-18-11-13(2)19-16/h5-7,9-11,15H,4,8,12H2,1-3H3,(H,18,19)(H,20,22)/t15-/m1/s1. The highest BCUT2D eigenvalue weighted by Gasteiger charge is 2.17. The summed E-state index contributed by atoms with van der Waals surface area (Å²) in [5, 5.41) is 3.11. The van der Waals surface area contributed by atoms with Crippen molar-refractivity contribution in [3.63, 3.8) is 0 Å². The van der Waals surface area contributed by atoms with Gasteiger partial charge in [0.25, 0.3) is 0 Å². The van der Waals surface area contributed by atoms with E-state index in [2.05, 4.69) is 34.3 Å². The van der Waals surface area contributed by atoms with E-state index in [0.29, 0.717) is 6.54 Å². The first-order valence-electron chi connectivity index (χ1n) is 7.67. The molecule has 0 aliphatic rings. The highest BCUT2D eigenvalue weighted by atomic mass is 16.2.